The molecule has 2 aliphatic heterocycles. The summed E-state index contributed by atoms with van der Waals surface area (Å²) < 4.78 is 0.780. The van der Waals surface area contributed by atoms with Gasteiger partial charge in [0.25, 0.3) is 5.91 Å². The number of hydrogen-bond donors (Lipinski definition) is 0. The van der Waals surface area contributed by atoms with Gasteiger partial charge in [-0.3, -0.25) is 4.79 Å². The number of nitrogens with zero attached hydrogens (tertiary/aromatic N) is 1. The number of amides is 1. The van der Waals surface area contributed by atoms with Crippen molar-refractivity contribution in [2.24, 2.45) is 0 Å². The van der Waals surface area contributed by atoms with Crippen LogP contribution >= 0.6 is 43.5 Å². The third-order valence-corrected chi connectivity index (χ3v) is 6.04. The van der Waals surface area contributed by atoms with E-state index in [1.807, 2.05) is 12.1 Å². The first-order valence-electron chi connectivity index (χ1n) is 6.48. The van der Waals surface area contributed by atoms with Gasteiger partial charge in [0.1, 0.15) is 0 Å². The molecule has 2 unspecified atom stereocenters. The molecule has 2 aliphatic rings. The summed E-state index contributed by atoms with van der Waals surface area (Å²) in [5, 5.41) is 0.638. The minimum absolute atomic E-state index is 0.143. The predicted octanol–water partition coefficient (Wildman–Crippen LogP) is 4.63. The molecule has 0 N–H and O–H groups in total. The summed E-state index contributed by atoms with van der Waals surface area (Å²) in [6.07, 6.45) is 4.40. The molecule has 2 nitrogen and oxygen atoms in total. The summed E-state index contributed by atoms with van der Waals surface area (Å²) in [7, 11) is 0. The van der Waals surface area contributed by atoms with Gasteiger partial charge in [-0.15, -0.1) is 0 Å². The summed E-state index contributed by atoms with van der Waals surface area (Å²) in [4.78, 5) is 15.3. The van der Waals surface area contributed by atoms with Crippen LogP contribution in [-0.2, 0) is 0 Å². The molecule has 1 aromatic rings. The van der Waals surface area contributed by atoms with Gasteiger partial charge in [-0.25, -0.2) is 0 Å². The van der Waals surface area contributed by atoms with Crippen molar-refractivity contribution in [3.8, 4) is 0 Å². The quantitative estimate of drug-likeness (QED) is 0.622. The third-order valence-electron chi connectivity index (χ3n) is 4.08. The summed E-state index contributed by atoms with van der Waals surface area (Å²) >= 11 is 13.1. The van der Waals surface area contributed by atoms with Crippen LogP contribution in [0.25, 0.3) is 0 Å². The number of rotatable bonds is 1. The van der Waals surface area contributed by atoms with Gasteiger partial charge in [0, 0.05) is 26.9 Å². The molecule has 19 heavy (non-hydrogen) atoms. The standard InChI is InChI=1S/C14H14Br2ClNO/c15-9-6-10-2-3-11(7-9)18(10)14(19)8-1-4-13(17)12(16)5-8/h1,4-5,9-11H,2-3,6-7H2. The van der Waals surface area contributed by atoms with Crippen LogP contribution in [0.4, 0.5) is 0 Å². The molecular weight excluding hydrogens is 393 g/mol. The molecule has 2 fully saturated rings. The summed E-state index contributed by atoms with van der Waals surface area (Å²) in [5.74, 6) is 0.143. The van der Waals surface area contributed by atoms with Crippen molar-refractivity contribution in [2.45, 2.75) is 42.6 Å². The number of piperidine rings is 1. The Morgan fingerprint density at radius 3 is 2.47 bits per heavy atom. The average Bonchev–Trinajstić information content (AvgIpc) is 2.64. The third kappa shape index (κ3) is 2.59. The Hall–Kier alpha value is -0.0600. The Morgan fingerprint density at radius 1 is 1.26 bits per heavy atom. The van der Waals surface area contributed by atoms with E-state index in [4.69, 9.17) is 11.6 Å². The first kappa shape index (κ1) is 13.9. The maximum Gasteiger partial charge on any atom is 0.254 e. The number of hydrogen-bond acceptors (Lipinski definition) is 1. The zero-order valence-electron chi connectivity index (χ0n) is 10.3. The van der Waals surface area contributed by atoms with Crippen LogP contribution in [0, 0.1) is 0 Å². The molecule has 2 saturated heterocycles. The number of carbonyl (C=O) groups is 1. The van der Waals surface area contributed by atoms with Crippen molar-refractivity contribution in [1.29, 1.82) is 0 Å². The molecule has 3 rings (SSSR count). The van der Waals surface area contributed by atoms with E-state index >= 15 is 0 Å². The highest BCUT2D eigenvalue weighted by Gasteiger charge is 2.42. The molecule has 1 aromatic carbocycles. The maximum atomic E-state index is 12.7. The topological polar surface area (TPSA) is 20.3 Å². The Bertz CT molecular complexity index is 508. The Labute approximate surface area is 134 Å². The van der Waals surface area contributed by atoms with Crippen LogP contribution in [0.3, 0.4) is 0 Å². The molecule has 2 bridgehead atoms. The lowest BCUT2D eigenvalue weighted by Crippen LogP contribution is -2.46. The first-order valence-corrected chi connectivity index (χ1v) is 8.56. The highest BCUT2D eigenvalue weighted by molar-refractivity contribution is 9.10. The zero-order valence-corrected chi connectivity index (χ0v) is 14.2. The summed E-state index contributed by atoms with van der Waals surface area (Å²) in [5.41, 5.74) is 0.723. The molecule has 0 aromatic heterocycles. The number of halogens is 3. The molecule has 0 saturated carbocycles. The van der Waals surface area contributed by atoms with E-state index in [0.29, 0.717) is 21.9 Å². The van der Waals surface area contributed by atoms with Crippen LogP contribution in [0.1, 0.15) is 36.0 Å². The van der Waals surface area contributed by atoms with Crippen molar-refractivity contribution < 1.29 is 4.79 Å². The van der Waals surface area contributed by atoms with Gasteiger partial charge in [0.2, 0.25) is 0 Å². The highest BCUT2D eigenvalue weighted by atomic mass is 79.9. The van der Waals surface area contributed by atoms with Crippen LogP contribution in [-0.4, -0.2) is 27.7 Å². The van der Waals surface area contributed by atoms with E-state index in [9.17, 15) is 4.79 Å². The van der Waals surface area contributed by atoms with Gasteiger partial charge in [-0.1, -0.05) is 27.5 Å². The second-order valence-corrected chi connectivity index (χ2v) is 7.85. The van der Waals surface area contributed by atoms with Crippen molar-refractivity contribution >= 4 is 49.4 Å². The Morgan fingerprint density at radius 2 is 1.89 bits per heavy atom. The molecule has 0 spiro atoms. The largest absolute Gasteiger partial charge is 0.333 e. The second-order valence-electron chi connectivity index (χ2n) is 5.29. The van der Waals surface area contributed by atoms with Crippen molar-refractivity contribution in [3.05, 3.63) is 33.3 Å². The lowest BCUT2D eigenvalue weighted by atomic mass is 10.0. The van der Waals surface area contributed by atoms with Crippen LogP contribution < -0.4 is 0 Å². The van der Waals surface area contributed by atoms with Crippen molar-refractivity contribution in [3.63, 3.8) is 0 Å². The van der Waals surface area contributed by atoms with Crippen LogP contribution in [0.5, 0.6) is 0 Å². The van der Waals surface area contributed by atoms with Gasteiger partial charge >= 0.3 is 0 Å². The highest BCUT2D eigenvalue weighted by Crippen LogP contribution is 2.39. The van der Waals surface area contributed by atoms with E-state index < -0.39 is 0 Å². The fourth-order valence-corrected chi connectivity index (χ4v) is 4.58. The maximum absolute atomic E-state index is 12.7. The molecule has 0 radical (unpaired) electrons. The van der Waals surface area contributed by atoms with Gasteiger partial charge in [-0.2, -0.15) is 0 Å². The lowest BCUT2D eigenvalue weighted by molar-refractivity contribution is 0.0603. The fraction of sp³-hybridized carbons (Fsp3) is 0.500. The van der Waals surface area contributed by atoms with E-state index in [1.165, 1.54) is 0 Å². The molecule has 0 aliphatic carbocycles. The number of carbonyl (C=O) groups excluding carboxylic acids is 1. The minimum Gasteiger partial charge on any atom is -0.333 e. The van der Waals surface area contributed by atoms with E-state index in [1.54, 1.807) is 6.07 Å². The first-order chi connectivity index (χ1) is 9.06. The molecular formula is C14H14Br2ClNO. The van der Waals surface area contributed by atoms with Crippen molar-refractivity contribution in [1.82, 2.24) is 4.90 Å². The lowest BCUT2D eigenvalue weighted by Gasteiger charge is -2.37. The Balaban J connectivity index is 1.86. The van der Waals surface area contributed by atoms with Gasteiger partial charge in [-0.05, 0) is 59.8 Å². The van der Waals surface area contributed by atoms with Crippen molar-refractivity contribution in [2.75, 3.05) is 0 Å². The van der Waals surface area contributed by atoms with Gasteiger partial charge in [0.05, 0.1) is 5.02 Å². The fourth-order valence-electron chi connectivity index (χ4n) is 3.22. The molecule has 2 heterocycles. The van der Waals surface area contributed by atoms with E-state index in [-0.39, 0.29) is 5.91 Å². The normalized spacial score (nSPS) is 29.6. The molecule has 5 heteroatoms. The van der Waals surface area contributed by atoms with Crippen LogP contribution in [0.15, 0.2) is 22.7 Å². The van der Waals surface area contributed by atoms with E-state index in [0.717, 1.165) is 35.7 Å². The SMILES string of the molecule is O=C(c1ccc(Cl)c(Br)c1)N1C2CCC1CC(Br)C2. The average molecular weight is 408 g/mol. The summed E-state index contributed by atoms with van der Waals surface area (Å²) in [6.45, 7) is 0. The number of benzene rings is 1. The number of fused-ring (bicyclic) bond motifs is 2. The minimum atomic E-state index is 0.143. The molecule has 1 amide bonds. The monoisotopic (exact) mass is 405 g/mol. The Kier molecular flexibility index (Phi) is 3.93. The number of alkyl halides is 1. The second kappa shape index (κ2) is 5.38. The predicted molar refractivity (Wildman–Crippen MR) is 84.1 cm³/mol. The smallest absolute Gasteiger partial charge is 0.254 e. The zero-order chi connectivity index (χ0) is 13.6. The van der Waals surface area contributed by atoms with E-state index in [2.05, 4.69) is 36.8 Å². The molecule has 2 atom stereocenters. The van der Waals surface area contributed by atoms with Crippen LogP contribution in [0.2, 0.25) is 5.02 Å². The molecule has 102 valence electrons. The van der Waals surface area contributed by atoms with Gasteiger partial charge < -0.3 is 4.90 Å². The summed E-state index contributed by atoms with van der Waals surface area (Å²) in [6, 6.07) is 6.20. The van der Waals surface area contributed by atoms with Gasteiger partial charge in [0.15, 0.2) is 0 Å².